The number of ketones is 1. The van der Waals surface area contributed by atoms with E-state index in [1.807, 2.05) is 0 Å². The molecule has 0 heterocycles. The number of carbonyl (C=O) groups is 2. The second-order valence-electron chi connectivity index (χ2n) is 6.24. The van der Waals surface area contributed by atoms with Crippen LogP contribution in [0.15, 0.2) is 12.2 Å². The van der Waals surface area contributed by atoms with E-state index >= 15 is 0 Å². The lowest BCUT2D eigenvalue weighted by Crippen LogP contribution is -2.68. The van der Waals surface area contributed by atoms with Crippen LogP contribution in [0.25, 0.3) is 0 Å². The third kappa shape index (κ3) is 1.94. The van der Waals surface area contributed by atoms with Gasteiger partial charge in [-0.25, -0.2) is 0 Å². The summed E-state index contributed by atoms with van der Waals surface area (Å²) >= 11 is 0. The van der Waals surface area contributed by atoms with Gasteiger partial charge in [0.15, 0.2) is 0 Å². The predicted octanol–water partition coefficient (Wildman–Crippen LogP) is 3.03. The Kier molecular flexibility index (Phi) is 3.23. The van der Waals surface area contributed by atoms with Crippen LogP contribution in [-0.2, 0) is 14.3 Å². The molecule has 0 bridgehead atoms. The zero-order chi connectivity index (χ0) is 13.5. The van der Waals surface area contributed by atoms with E-state index in [-0.39, 0.29) is 11.9 Å². The molecule has 0 aromatic carbocycles. The Morgan fingerprint density at radius 2 is 2.05 bits per heavy atom. The van der Waals surface area contributed by atoms with Crippen molar-refractivity contribution < 1.29 is 14.3 Å². The predicted molar refractivity (Wildman–Crippen MR) is 71.4 cm³/mol. The van der Waals surface area contributed by atoms with E-state index in [0.29, 0.717) is 24.0 Å². The monoisotopic (exact) mass is 262 g/mol. The van der Waals surface area contributed by atoms with E-state index in [2.05, 4.69) is 12.2 Å². The van der Waals surface area contributed by atoms with E-state index in [1.165, 1.54) is 6.92 Å². The number of hydrogen-bond donors (Lipinski definition) is 0. The first-order valence-corrected chi connectivity index (χ1v) is 7.52. The van der Waals surface area contributed by atoms with Gasteiger partial charge >= 0.3 is 5.97 Å². The van der Waals surface area contributed by atoms with Crippen molar-refractivity contribution in [2.24, 2.45) is 17.8 Å². The van der Waals surface area contributed by atoms with Crippen molar-refractivity contribution in [3.05, 3.63) is 12.2 Å². The van der Waals surface area contributed by atoms with Crippen LogP contribution in [0.4, 0.5) is 0 Å². The SMILES string of the molecule is CC(=O)O[C@@]12CCCC(=O)[C@@H]1[C@H]1CCC=CCC[C@@H]12. The topological polar surface area (TPSA) is 43.4 Å². The van der Waals surface area contributed by atoms with Crippen LogP contribution in [-0.4, -0.2) is 17.4 Å². The second-order valence-corrected chi connectivity index (χ2v) is 6.24. The van der Waals surface area contributed by atoms with Crippen LogP contribution < -0.4 is 0 Å². The average Bonchev–Trinajstić information content (AvgIpc) is 2.30. The van der Waals surface area contributed by atoms with Crippen LogP contribution in [0.3, 0.4) is 0 Å². The molecule has 3 aliphatic carbocycles. The molecule has 19 heavy (non-hydrogen) atoms. The van der Waals surface area contributed by atoms with Gasteiger partial charge in [0.1, 0.15) is 11.4 Å². The standard InChI is InChI=1S/C16H22O3/c1-11(17)19-16-10-6-9-14(18)15(16)12-7-4-2-3-5-8-13(12)16/h2-3,12-13,15H,4-10H2,1H3/t12-,13-,15-,16+/m0/s1. The first kappa shape index (κ1) is 12.9. The van der Waals surface area contributed by atoms with E-state index in [9.17, 15) is 9.59 Å². The summed E-state index contributed by atoms with van der Waals surface area (Å²) in [6.07, 6.45) is 11.1. The molecule has 2 saturated carbocycles. The highest BCUT2D eigenvalue weighted by molar-refractivity contribution is 5.85. The number of esters is 1. The first-order chi connectivity index (χ1) is 9.15. The van der Waals surface area contributed by atoms with E-state index in [4.69, 9.17) is 4.74 Å². The smallest absolute Gasteiger partial charge is 0.303 e. The highest BCUT2D eigenvalue weighted by atomic mass is 16.6. The molecule has 3 rings (SSSR count). The Bertz CT molecular complexity index is 426. The summed E-state index contributed by atoms with van der Waals surface area (Å²) in [6, 6.07) is 0. The lowest BCUT2D eigenvalue weighted by atomic mass is 9.46. The number of carbonyl (C=O) groups excluding carboxylic acids is 2. The highest BCUT2D eigenvalue weighted by Crippen LogP contribution is 2.60. The molecular formula is C16H22O3. The maximum atomic E-state index is 12.3. The van der Waals surface area contributed by atoms with Gasteiger partial charge in [0.05, 0.1) is 5.92 Å². The molecule has 0 N–H and O–H groups in total. The molecule has 4 atom stereocenters. The van der Waals surface area contributed by atoms with Gasteiger partial charge in [-0.2, -0.15) is 0 Å². The third-order valence-electron chi connectivity index (χ3n) is 5.25. The highest BCUT2D eigenvalue weighted by Gasteiger charge is 2.66. The molecule has 104 valence electrons. The maximum absolute atomic E-state index is 12.3. The molecule has 0 aromatic heterocycles. The second kappa shape index (κ2) is 4.77. The van der Waals surface area contributed by atoms with Crippen LogP contribution in [0, 0.1) is 17.8 Å². The minimum absolute atomic E-state index is 0.0124. The van der Waals surface area contributed by atoms with Gasteiger partial charge in [0.2, 0.25) is 0 Å². The van der Waals surface area contributed by atoms with Crippen molar-refractivity contribution >= 4 is 11.8 Å². The van der Waals surface area contributed by atoms with Crippen LogP contribution in [0.1, 0.15) is 51.9 Å². The Hall–Kier alpha value is -1.12. The minimum atomic E-state index is -0.447. The molecule has 0 saturated heterocycles. The van der Waals surface area contributed by atoms with Crippen molar-refractivity contribution in [3.8, 4) is 0 Å². The first-order valence-electron chi connectivity index (χ1n) is 7.52. The van der Waals surface area contributed by atoms with Crippen LogP contribution in [0.5, 0.6) is 0 Å². The Balaban J connectivity index is 1.90. The van der Waals surface area contributed by atoms with Crippen molar-refractivity contribution in [2.75, 3.05) is 0 Å². The van der Waals surface area contributed by atoms with E-state index in [0.717, 1.165) is 38.5 Å². The van der Waals surface area contributed by atoms with Crippen molar-refractivity contribution in [3.63, 3.8) is 0 Å². The molecule has 0 unspecified atom stereocenters. The fourth-order valence-corrected chi connectivity index (χ4v) is 4.70. The van der Waals surface area contributed by atoms with Gasteiger partial charge in [0, 0.05) is 19.3 Å². The van der Waals surface area contributed by atoms with Crippen LogP contribution >= 0.6 is 0 Å². The van der Waals surface area contributed by atoms with Crippen LogP contribution in [0.2, 0.25) is 0 Å². The number of allylic oxidation sites excluding steroid dienone is 2. The Morgan fingerprint density at radius 1 is 1.32 bits per heavy atom. The summed E-state index contributed by atoms with van der Waals surface area (Å²) < 4.78 is 5.73. The summed E-state index contributed by atoms with van der Waals surface area (Å²) in [5.74, 6) is 0.934. The van der Waals surface area contributed by atoms with Gasteiger partial charge in [-0.1, -0.05) is 12.2 Å². The normalized spacial score (nSPS) is 41.3. The summed E-state index contributed by atoms with van der Waals surface area (Å²) in [7, 11) is 0. The van der Waals surface area contributed by atoms with Crippen molar-refractivity contribution in [1.29, 1.82) is 0 Å². The maximum Gasteiger partial charge on any atom is 0.303 e. The summed E-state index contributed by atoms with van der Waals surface area (Å²) in [6.45, 7) is 1.47. The zero-order valence-corrected chi connectivity index (χ0v) is 11.6. The summed E-state index contributed by atoms with van der Waals surface area (Å²) in [4.78, 5) is 23.8. The van der Waals surface area contributed by atoms with Gasteiger partial charge in [-0.05, 0) is 44.4 Å². The van der Waals surface area contributed by atoms with Gasteiger partial charge < -0.3 is 4.74 Å². The number of fused-ring (bicyclic) bond motifs is 4. The van der Waals surface area contributed by atoms with Gasteiger partial charge in [-0.3, -0.25) is 9.59 Å². The molecule has 3 aliphatic rings. The quantitative estimate of drug-likeness (QED) is 0.539. The molecule has 0 aromatic rings. The van der Waals surface area contributed by atoms with E-state index in [1.54, 1.807) is 0 Å². The largest absolute Gasteiger partial charge is 0.458 e. The summed E-state index contributed by atoms with van der Waals surface area (Å²) in [5, 5.41) is 0. The Morgan fingerprint density at radius 3 is 2.79 bits per heavy atom. The lowest BCUT2D eigenvalue weighted by Gasteiger charge is -2.62. The fraction of sp³-hybridized carbons (Fsp3) is 0.750. The molecule has 0 radical (unpaired) electrons. The number of hydrogen-bond acceptors (Lipinski definition) is 3. The zero-order valence-electron chi connectivity index (χ0n) is 11.6. The molecule has 3 heteroatoms. The number of Topliss-reactive ketones (excluding diaryl/α,β-unsaturated/α-hetero) is 1. The molecule has 0 spiro atoms. The van der Waals surface area contributed by atoms with Gasteiger partial charge in [0.25, 0.3) is 0 Å². The minimum Gasteiger partial charge on any atom is -0.458 e. The van der Waals surface area contributed by atoms with E-state index < -0.39 is 5.60 Å². The van der Waals surface area contributed by atoms with Gasteiger partial charge in [-0.15, -0.1) is 0 Å². The fourth-order valence-electron chi connectivity index (χ4n) is 4.70. The molecule has 0 amide bonds. The summed E-state index contributed by atoms with van der Waals surface area (Å²) in [5.41, 5.74) is -0.447. The molecule has 0 aliphatic heterocycles. The molecule has 3 nitrogen and oxygen atoms in total. The lowest BCUT2D eigenvalue weighted by molar-refractivity contribution is -0.234. The Labute approximate surface area is 114 Å². The number of rotatable bonds is 1. The number of ether oxygens (including phenoxy) is 1. The third-order valence-corrected chi connectivity index (χ3v) is 5.25. The molecular weight excluding hydrogens is 240 g/mol. The van der Waals surface area contributed by atoms with Crippen molar-refractivity contribution in [1.82, 2.24) is 0 Å². The van der Waals surface area contributed by atoms with Crippen molar-refractivity contribution in [2.45, 2.75) is 57.5 Å². The average molecular weight is 262 g/mol. The molecule has 2 fully saturated rings.